The summed E-state index contributed by atoms with van der Waals surface area (Å²) in [6, 6.07) is 18.2. The molecule has 1 aliphatic heterocycles. The first kappa shape index (κ1) is 24.0. The van der Waals surface area contributed by atoms with Crippen LogP contribution in [0.4, 0.5) is 23.2 Å². The summed E-state index contributed by atoms with van der Waals surface area (Å²) in [4.78, 5) is 6.44. The van der Waals surface area contributed by atoms with Gasteiger partial charge < -0.3 is 14.8 Å². The molecule has 2 aromatic heterocycles. The molecule has 0 radical (unpaired) electrons. The van der Waals surface area contributed by atoms with Crippen molar-refractivity contribution in [2.75, 3.05) is 4.90 Å². The summed E-state index contributed by atoms with van der Waals surface area (Å²) in [7, 11) is 0. The summed E-state index contributed by atoms with van der Waals surface area (Å²) in [5.41, 5.74) is 3.59. The zero-order chi connectivity index (χ0) is 25.6. The summed E-state index contributed by atoms with van der Waals surface area (Å²) in [6.45, 7) is 3.73. The van der Waals surface area contributed by atoms with Crippen LogP contribution >= 0.6 is 12.2 Å². The molecule has 0 amide bonds. The fraction of sp³-hybridized carbons (Fsp3) is 0.185. The van der Waals surface area contributed by atoms with Crippen LogP contribution in [0.1, 0.15) is 40.3 Å². The van der Waals surface area contributed by atoms with Crippen LogP contribution in [-0.2, 0) is 6.18 Å². The number of alkyl halides is 3. The number of aryl methyl sites for hydroxylation is 1. The lowest BCUT2D eigenvalue weighted by Crippen LogP contribution is -2.29. The van der Waals surface area contributed by atoms with E-state index in [1.807, 2.05) is 47.6 Å². The first-order valence-electron chi connectivity index (χ1n) is 11.3. The average Bonchev–Trinajstić information content (AvgIpc) is 3.35. The van der Waals surface area contributed by atoms with Gasteiger partial charge in [0.2, 0.25) is 0 Å². The van der Waals surface area contributed by atoms with Gasteiger partial charge in [-0.15, -0.1) is 0 Å². The maximum Gasteiger partial charge on any atom is 0.416 e. The minimum atomic E-state index is -4.45. The first-order chi connectivity index (χ1) is 17.1. The van der Waals surface area contributed by atoms with E-state index in [4.69, 9.17) is 12.2 Å². The SMILES string of the molecule is Cc1cc([C@@H]2[C@@H](c3ccccn3)NC(=S)N2c2ccc(F)cc2)c(C)n1-c1cccc(C(F)(F)F)c1. The summed E-state index contributed by atoms with van der Waals surface area (Å²) >= 11 is 5.71. The van der Waals surface area contributed by atoms with Gasteiger partial charge in [-0.2, -0.15) is 13.2 Å². The molecule has 4 aromatic rings. The largest absolute Gasteiger partial charge is 0.416 e. The predicted molar refractivity (Wildman–Crippen MR) is 135 cm³/mol. The second kappa shape index (κ2) is 9.05. The van der Waals surface area contributed by atoms with Gasteiger partial charge in [-0.1, -0.05) is 12.1 Å². The summed E-state index contributed by atoms with van der Waals surface area (Å²) in [6.07, 6.45) is -2.75. The topological polar surface area (TPSA) is 33.1 Å². The molecule has 2 aromatic carbocycles. The maximum atomic E-state index is 13.7. The standard InChI is InChI=1S/C27H22F4N4S/c1-16-14-22(17(2)34(16)21-7-5-6-18(15-21)27(29,30)31)25-24(23-8-3-4-13-32-23)33-26(36)35(25)20-11-9-19(28)10-12-20/h3-15,24-25H,1-2H3,(H,33,36)/t24-,25-/m1/s1. The van der Waals surface area contributed by atoms with Crippen molar-refractivity contribution in [2.45, 2.75) is 32.1 Å². The van der Waals surface area contributed by atoms with Crippen LogP contribution in [0.25, 0.3) is 5.69 Å². The number of anilines is 1. The summed E-state index contributed by atoms with van der Waals surface area (Å²) < 4.78 is 55.7. The van der Waals surface area contributed by atoms with E-state index < -0.39 is 11.7 Å². The molecule has 4 nitrogen and oxygen atoms in total. The third kappa shape index (κ3) is 4.24. The second-order valence-electron chi connectivity index (χ2n) is 8.68. The van der Waals surface area contributed by atoms with E-state index >= 15 is 0 Å². The highest BCUT2D eigenvalue weighted by atomic mass is 32.1. The van der Waals surface area contributed by atoms with Crippen LogP contribution in [0.5, 0.6) is 0 Å². The normalized spacial score (nSPS) is 17.9. The van der Waals surface area contributed by atoms with Crippen molar-refractivity contribution in [2.24, 2.45) is 0 Å². The van der Waals surface area contributed by atoms with E-state index in [2.05, 4.69) is 10.3 Å². The molecule has 0 spiro atoms. The van der Waals surface area contributed by atoms with E-state index in [0.29, 0.717) is 16.5 Å². The number of pyridine rings is 1. The van der Waals surface area contributed by atoms with E-state index in [-0.39, 0.29) is 17.9 Å². The van der Waals surface area contributed by atoms with Gasteiger partial charge >= 0.3 is 6.18 Å². The highest BCUT2D eigenvalue weighted by molar-refractivity contribution is 7.80. The van der Waals surface area contributed by atoms with Gasteiger partial charge in [0.15, 0.2) is 5.11 Å². The van der Waals surface area contributed by atoms with Crippen molar-refractivity contribution in [3.63, 3.8) is 0 Å². The van der Waals surface area contributed by atoms with Crippen molar-refractivity contribution >= 4 is 23.0 Å². The number of benzene rings is 2. The Morgan fingerprint density at radius 2 is 1.67 bits per heavy atom. The predicted octanol–water partition coefficient (Wildman–Crippen LogP) is 6.82. The van der Waals surface area contributed by atoms with E-state index in [1.165, 1.54) is 18.2 Å². The van der Waals surface area contributed by atoms with Crippen molar-refractivity contribution in [3.8, 4) is 5.69 Å². The Bertz CT molecular complexity index is 1410. The third-order valence-corrected chi connectivity index (χ3v) is 6.74. The molecule has 5 rings (SSSR count). The fourth-order valence-electron chi connectivity index (χ4n) is 4.86. The fourth-order valence-corrected chi connectivity index (χ4v) is 5.20. The van der Waals surface area contributed by atoms with Gasteiger partial charge in [-0.25, -0.2) is 4.39 Å². The Kier molecular flexibility index (Phi) is 6.04. The highest BCUT2D eigenvalue weighted by Gasteiger charge is 2.42. The molecular weight excluding hydrogens is 488 g/mol. The van der Waals surface area contributed by atoms with Crippen molar-refractivity contribution in [3.05, 3.63) is 113 Å². The Morgan fingerprint density at radius 1 is 0.917 bits per heavy atom. The van der Waals surface area contributed by atoms with Crippen molar-refractivity contribution in [1.82, 2.24) is 14.9 Å². The Morgan fingerprint density at radius 3 is 2.33 bits per heavy atom. The van der Waals surface area contributed by atoms with Gasteiger partial charge in [0, 0.05) is 29.0 Å². The van der Waals surface area contributed by atoms with Gasteiger partial charge in [-0.3, -0.25) is 4.98 Å². The molecule has 0 bridgehead atoms. The highest BCUT2D eigenvalue weighted by Crippen LogP contribution is 2.44. The smallest absolute Gasteiger partial charge is 0.351 e. The lowest BCUT2D eigenvalue weighted by Gasteiger charge is -2.28. The van der Waals surface area contributed by atoms with Crippen molar-refractivity contribution in [1.29, 1.82) is 0 Å². The van der Waals surface area contributed by atoms with Gasteiger partial charge in [0.25, 0.3) is 0 Å². The van der Waals surface area contributed by atoms with Crippen LogP contribution in [0.3, 0.4) is 0 Å². The molecule has 0 saturated carbocycles. The summed E-state index contributed by atoms with van der Waals surface area (Å²) in [5.74, 6) is -0.364. The maximum absolute atomic E-state index is 13.7. The number of halogens is 4. The van der Waals surface area contributed by atoms with Gasteiger partial charge in [0.1, 0.15) is 5.82 Å². The molecule has 3 heterocycles. The number of rotatable bonds is 4. The van der Waals surface area contributed by atoms with E-state index in [0.717, 1.165) is 34.8 Å². The lowest BCUT2D eigenvalue weighted by atomic mass is 9.96. The minimum Gasteiger partial charge on any atom is -0.351 e. The Balaban J connectivity index is 1.67. The number of aromatic nitrogens is 2. The minimum absolute atomic E-state index is 0.334. The second-order valence-corrected chi connectivity index (χ2v) is 9.07. The molecule has 0 unspecified atom stereocenters. The molecule has 9 heteroatoms. The molecule has 184 valence electrons. The Labute approximate surface area is 211 Å². The van der Waals surface area contributed by atoms with Crippen LogP contribution in [0.15, 0.2) is 79.0 Å². The number of thiocarbonyl (C=S) groups is 1. The molecular formula is C27H22F4N4S. The quantitative estimate of drug-likeness (QED) is 0.241. The van der Waals surface area contributed by atoms with Crippen LogP contribution in [-0.4, -0.2) is 14.7 Å². The lowest BCUT2D eigenvalue weighted by molar-refractivity contribution is -0.137. The summed E-state index contributed by atoms with van der Waals surface area (Å²) in [5, 5.41) is 3.80. The van der Waals surface area contributed by atoms with Crippen LogP contribution in [0.2, 0.25) is 0 Å². The van der Waals surface area contributed by atoms with Crippen LogP contribution in [0, 0.1) is 19.7 Å². The molecule has 1 aliphatic rings. The molecule has 1 N–H and O–H groups in total. The van der Waals surface area contributed by atoms with Crippen LogP contribution < -0.4 is 10.2 Å². The molecule has 1 fully saturated rings. The zero-order valence-electron chi connectivity index (χ0n) is 19.4. The first-order valence-corrected chi connectivity index (χ1v) is 11.7. The van der Waals surface area contributed by atoms with E-state index in [1.54, 1.807) is 24.4 Å². The van der Waals surface area contributed by atoms with Gasteiger partial charge in [-0.05, 0) is 92.3 Å². The van der Waals surface area contributed by atoms with Crippen molar-refractivity contribution < 1.29 is 17.6 Å². The third-order valence-electron chi connectivity index (χ3n) is 6.42. The monoisotopic (exact) mass is 510 g/mol. The molecule has 2 atom stereocenters. The zero-order valence-corrected chi connectivity index (χ0v) is 20.2. The Hall–Kier alpha value is -3.72. The number of hydrogen-bond acceptors (Lipinski definition) is 2. The number of nitrogens with one attached hydrogen (secondary N) is 1. The van der Waals surface area contributed by atoms with Gasteiger partial charge in [0.05, 0.1) is 23.3 Å². The molecule has 0 aliphatic carbocycles. The van der Waals surface area contributed by atoms with E-state index in [9.17, 15) is 17.6 Å². The average molecular weight is 511 g/mol. The number of hydrogen-bond donors (Lipinski definition) is 1. The number of nitrogens with zero attached hydrogens (tertiary/aromatic N) is 3. The molecule has 1 saturated heterocycles. The molecule has 36 heavy (non-hydrogen) atoms.